The van der Waals surface area contributed by atoms with Gasteiger partial charge in [-0.25, -0.2) is 8.78 Å². The topological polar surface area (TPSA) is 88.9 Å². The van der Waals surface area contributed by atoms with Crippen molar-refractivity contribution >= 4 is 29.3 Å². The van der Waals surface area contributed by atoms with Crippen molar-refractivity contribution in [1.29, 1.82) is 0 Å². The van der Waals surface area contributed by atoms with Crippen molar-refractivity contribution in [3.63, 3.8) is 0 Å². The van der Waals surface area contributed by atoms with Crippen LogP contribution in [0.2, 0.25) is 0 Å². The summed E-state index contributed by atoms with van der Waals surface area (Å²) in [5, 5.41) is 13.7. The molecule has 0 saturated carbocycles. The zero-order chi connectivity index (χ0) is 21.7. The minimum absolute atomic E-state index is 0.00370. The summed E-state index contributed by atoms with van der Waals surface area (Å²) in [5.74, 6) is -1.65. The Balaban J connectivity index is 1.60. The van der Waals surface area contributed by atoms with Gasteiger partial charge < -0.3 is 15.2 Å². The van der Waals surface area contributed by atoms with Crippen molar-refractivity contribution in [3.05, 3.63) is 71.6 Å². The number of amides is 2. The van der Waals surface area contributed by atoms with Crippen molar-refractivity contribution in [2.24, 2.45) is 7.05 Å². The highest BCUT2D eigenvalue weighted by molar-refractivity contribution is 7.99. The van der Waals surface area contributed by atoms with E-state index in [4.69, 9.17) is 0 Å². The van der Waals surface area contributed by atoms with Crippen molar-refractivity contribution in [1.82, 2.24) is 20.1 Å². The molecule has 156 valence electrons. The Kier molecular flexibility index (Phi) is 6.78. The van der Waals surface area contributed by atoms with E-state index in [0.29, 0.717) is 11.0 Å². The van der Waals surface area contributed by atoms with Gasteiger partial charge in [0, 0.05) is 7.05 Å². The number of nitrogens with one attached hydrogen (secondary N) is 2. The van der Waals surface area contributed by atoms with Crippen LogP contribution in [-0.2, 0) is 11.8 Å². The number of aromatic nitrogens is 3. The van der Waals surface area contributed by atoms with Crippen LogP contribution in [0.1, 0.15) is 29.1 Å². The molecular weight excluding hydrogens is 412 g/mol. The standard InChI is InChI=1S/C20H19F2N5O2S/c1-12(23-19(29)13-7-3-4-8-14(13)21)18-25-26-20(27(18)2)30-11-17(28)24-16-10-6-5-9-15(16)22/h3-10,12H,11H2,1-2H3,(H,23,29)(H,24,28)/t12-/m1/s1. The van der Waals surface area contributed by atoms with Crippen molar-refractivity contribution in [2.45, 2.75) is 18.1 Å². The van der Waals surface area contributed by atoms with Crippen LogP contribution < -0.4 is 10.6 Å². The molecule has 1 atom stereocenters. The fourth-order valence-electron chi connectivity index (χ4n) is 2.69. The van der Waals surface area contributed by atoms with Crippen LogP contribution in [0.25, 0.3) is 0 Å². The number of benzene rings is 2. The number of carbonyl (C=O) groups is 2. The number of hydrogen-bond donors (Lipinski definition) is 2. The van der Waals surface area contributed by atoms with Gasteiger partial charge in [-0.3, -0.25) is 9.59 Å². The largest absolute Gasteiger partial charge is 0.342 e. The Morgan fingerprint density at radius 3 is 2.43 bits per heavy atom. The molecule has 0 saturated heterocycles. The maximum absolute atomic E-state index is 13.8. The summed E-state index contributed by atoms with van der Waals surface area (Å²) in [6, 6.07) is 11.0. The maximum atomic E-state index is 13.8. The molecule has 3 rings (SSSR count). The van der Waals surface area contributed by atoms with Gasteiger partial charge in [-0.1, -0.05) is 36.0 Å². The Morgan fingerprint density at radius 1 is 1.07 bits per heavy atom. The first-order chi connectivity index (χ1) is 14.4. The van der Waals surface area contributed by atoms with Gasteiger partial charge in [-0.15, -0.1) is 10.2 Å². The first-order valence-corrected chi connectivity index (χ1v) is 9.97. The summed E-state index contributed by atoms with van der Waals surface area (Å²) in [6.45, 7) is 1.70. The molecule has 0 bridgehead atoms. The Bertz CT molecular complexity index is 1070. The fourth-order valence-corrected chi connectivity index (χ4v) is 3.41. The summed E-state index contributed by atoms with van der Waals surface area (Å²) in [6.07, 6.45) is 0. The lowest BCUT2D eigenvalue weighted by molar-refractivity contribution is -0.113. The maximum Gasteiger partial charge on any atom is 0.254 e. The lowest BCUT2D eigenvalue weighted by Crippen LogP contribution is -2.29. The molecule has 7 nitrogen and oxygen atoms in total. The number of anilines is 1. The van der Waals surface area contributed by atoms with Gasteiger partial charge in [0.1, 0.15) is 11.6 Å². The van der Waals surface area contributed by atoms with E-state index < -0.39 is 29.5 Å². The molecule has 0 aliphatic heterocycles. The number of rotatable bonds is 7. The van der Waals surface area contributed by atoms with Crippen molar-refractivity contribution in [2.75, 3.05) is 11.1 Å². The van der Waals surface area contributed by atoms with Crippen LogP contribution in [0, 0.1) is 11.6 Å². The minimum Gasteiger partial charge on any atom is -0.342 e. The third kappa shape index (κ3) is 5.01. The average Bonchev–Trinajstić information content (AvgIpc) is 3.09. The van der Waals surface area contributed by atoms with Crippen LogP contribution in [0.5, 0.6) is 0 Å². The van der Waals surface area contributed by atoms with Crippen LogP contribution >= 0.6 is 11.8 Å². The molecule has 0 fully saturated rings. The molecule has 0 aliphatic carbocycles. The molecule has 0 radical (unpaired) electrons. The smallest absolute Gasteiger partial charge is 0.254 e. The second-order valence-electron chi connectivity index (χ2n) is 6.39. The number of nitrogens with zero attached hydrogens (tertiary/aromatic N) is 3. The third-order valence-electron chi connectivity index (χ3n) is 4.20. The molecular formula is C20H19F2N5O2S. The molecule has 30 heavy (non-hydrogen) atoms. The van der Waals surface area contributed by atoms with E-state index in [2.05, 4.69) is 20.8 Å². The Labute approximate surface area is 175 Å². The van der Waals surface area contributed by atoms with E-state index in [1.54, 1.807) is 30.7 Å². The Hall–Kier alpha value is -3.27. The van der Waals surface area contributed by atoms with Crippen molar-refractivity contribution < 1.29 is 18.4 Å². The van der Waals surface area contributed by atoms with Crippen LogP contribution in [0.15, 0.2) is 53.7 Å². The molecule has 2 amide bonds. The first-order valence-electron chi connectivity index (χ1n) is 8.98. The summed E-state index contributed by atoms with van der Waals surface area (Å²) >= 11 is 1.12. The number of halogens is 2. The number of hydrogen-bond acceptors (Lipinski definition) is 5. The SMILES string of the molecule is C[C@@H](NC(=O)c1ccccc1F)c1nnc(SCC(=O)Nc2ccccc2F)n1C. The fraction of sp³-hybridized carbons (Fsp3) is 0.200. The second kappa shape index (κ2) is 9.49. The molecule has 10 heteroatoms. The van der Waals surface area contributed by atoms with E-state index in [-0.39, 0.29) is 17.0 Å². The summed E-state index contributed by atoms with van der Waals surface area (Å²) in [4.78, 5) is 24.4. The monoisotopic (exact) mass is 431 g/mol. The van der Waals surface area contributed by atoms with E-state index in [1.165, 1.54) is 36.4 Å². The molecule has 3 aromatic rings. The quantitative estimate of drug-likeness (QED) is 0.561. The zero-order valence-electron chi connectivity index (χ0n) is 16.2. The van der Waals surface area contributed by atoms with Crippen molar-refractivity contribution in [3.8, 4) is 0 Å². The van der Waals surface area contributed by atoms with E-state index in [9.17, 15) is 18.4 Å². The third-order valence-corrected chi connectivity index (χ3v) is 5.22. The van der Waals surface area contributed by atoms with Crippen LogP contribution in [-0.4, -0.2) is 32.3 Å². The van der Waals surface area contributed by atoms with E-state index >= 15 is 0 Å². The van der Waals surface area contributed by atoms with Crippen LogP contribution in [0.4, 0.5) is 14.5 Å². The van der Waals surface area contributed by atoms with Gasteiger partial charge in [-0.2, -0.15) is 0 Å². The lowest BCUT2D eigenvalue weighted by atomic mass is 10.2. The predicted molar refractivity (Wildman–Crippen MR) is 109 cm³/mol. The van der Waals surface area contributed by atoms with Gasteiger partial charge in [0.25, 0.3) is 5.91 Å². The highest BCUT2D eigenvalue weighted by Crippen LogP contribution is 2.20. The molecule has 2 N–H and O–H groups in total. The predicted octanol–water partition coefficient (Wildman–Crippen LogP) is 3.32. The average molecular weight is 431 g/mol. The van der Waals surface area contributed by atoms with Crippen LogP contribution in [0.3, 0.4) is 0 Å². The molecule has 1 aromatic heterocycles. The summed E-state index contributed by atoms with van der Waals surface area (Å²) in [5.41, 5.74) is 0.0390. The number of thioether (sulfide) groups is 1. The lowest BCUT2D eigenvalue weighted by Gasteiger charge is -2.14. The second-order valence-corrected chi connectivity index (χ2v) is 7.33. The molecule has 0 aliphatic rings. The zero-order valence-corrected chi connectivity index (χ0v) is 17.0. The van der Waals surface area contributed by atoms with Gasteiger partial charge in [0.2, 0.25) is 5.91 Å². The molecule has 2 aromatic carbocycles. The highest BCUT2D eigenvalue weighted by atomic mass is 32.2. The molecule has 0 unspecified atom stereocenters. The number of carbonyl (C=O) groups excluding carboxylic acids is 2. The normalized spacial score (nSPS) is 11.7. The minimum atomic E-state index is -0.614. The molecule has 0 spiro atoms. The van der Waals surface area contributed by atoms with Gasteiger partial charge in [-0.05, 0) is 31.2 Å². The highest BCUT2D eigenvalue weighted by Gasteiger charge is 2.20. The Morgan fingerprint density at radius 2 is 1.73 bits per heavy atom. The van der Waals surface area contributed by atoms with Gasteiger partial charge in [0.15, 0.2) is 11.0 Å². The van der Waals surface area contributed by atoms with E-state index in [0.717, 1.165) is 11.8 Å². The van der Waals surface area contributed by atoms with E-state index in [1.807, 2.05) is 0 Å². The summed E-state index contributed by atoms with van der Waals surface area (Å²) < 4.78 is 29.0. The number of para-hydroxylation sites is 1. The first kappa shape index (κ1) is 21.4. The summed E-state index contributed by atoms with van der Waals surface area (Å²) in [7, 11) is 1.69. The molecule has 1 heterocycles. The van der Waals surface area contributed by atoms with Gasteiger partial charge >= 0.3 is 0 Å². The van der Waals surface area contributed by atoms with Gasteiger partial charge in [0.05, 0.1) is 23.0 Å².